The van der Waals surface area contributed by atoms with Gasteiger partial charge in [0.15, 0.2) is 0 Å². The molecule has 2 fully saturated rings. The van der Waals surface area contributed by atoms with Crippen molar-refractivity contribution in [2.75, 3.05) is 0 Å². The van der Waals surface area contributed by atoms with E-state index in [2.05, 4.69) is 39.8 Å². The average molecular weight is 302 g/mol. The molecule has 0 aromatic rings. The molecule has 1 saturated carbocycles. The van der Waals surface area contributed by atoms with Crippen LogP contribution in [0.4, 0.5) is 0 Å². The number of fused-ring (bicyclic) bond motifs is 3. The Morgan fingerprint density at radius 1 is 1.32 bits per heavy atom. The summed E-state index contributed by atoms with van der Waals surface area (Å²) in [6.07, 6.45) is 10.1. The van der Waals surface area contributed by atoms with Crippen molar-refractivity contribution in [2.24, 2.45) is 22.7 Å². The molecule has 2 nitrogen and oxygen atoms in total. The van der Waals surface area contributed by atoms with Gasteiger partial charge < -0.3 is 4.74 Å². The average Bonchev–Trinajstić information content (AvgIpc) is 2.46. The summed E-state index contributed by atoms with van der Waals surface area (Å²) in [5, 5.41) is 0. The van der Waals surface area contributed by atoms with E-state index in [0.29, 0.717) is 17.3 Å². The van der Waals surface area contributed by atoms with E-state index in [1.165, 1.54) is 24.8 Å². The maximum Gasteiger partial charge on any atom is 0.334 e. The van der Waals surface area contributed by atoms with Crippen LogP contribution in [0.3, 0.4) is 0 Å². The maximum atomic E-state index is 12.5. The molecule has 0 unspecified atom stereocenters. The normalized spacial score (nSPS) is 41.1. The number of rotatable bonds is 1. The Hall–Kier alpha value is -1.05. The van der Waals surface area contributed by atoms with Crippen LogP contribution >= 0.6 is 0 Å². The smallest absolute Gasteiger partial charge is 0.334 e. The molecule has 3 aliphatic rings. The standard InChI is InChI=1S/C20H30O2/c1-6-13(2)16-12-15-14(18(21)22-16)8-9-17-19(3,4)10-7-11-20(15,17)5/h6,8,15-17H,7,9-12H2,1-5H3/b13-6+/t15-,16-,17-,20+/m0/s1. The number of cyclic esters (lactones) is 1. The molecule has 0 aromatic carbocycles. The first-order valence-corrected chi connectivity index (χ1v) is 8.83. The SMILES string of the molecule is C/C=C(\C)[C@@H]1C[C@H]2C(=CC[C@H]3C(C)(C)CCC[C@]23C)C(=O)O1. The van der Waals surface area contributed by atoms with Crippen molar-refractivity contribution in [3.63, 3.8) is 0 Å². The second kappa shape index (κ2) is 5.25. The highest BCUT2D eigenvalue weighted by molar-refractivity contribution is 5.90. The van der Waals surface area contributed by atoms with Gasteiger partial charge in [-0.05, 0) is 61.9 Å². The maximum absolute atomic E-state index is 12.5. The minimum Gasteiger partial charge on any atom is -0.454 e. The molecule has 1 aliphatic heterocycles. The summed E-state index contributed by atoms with van der Waals surface area (Å²) in [6, 6.07) is 0. The van der Waals surface area contributed by atoms with Crippen molar-refractivity contribution >= 4 is 5.97 Å². The minimum atomic E-state index is -0.0643. The van der Waals surface area contributed by atoms with Crippen molar-refractivity contribution in [2.45, 2.75) is 72.8 Å². The molecule has 0 aromatic heterocycles. The molecule has 2 heteroatoms. The Labute approximate surface area is 135 Å². The summed E-state index contributed by atoms with van der Waals surface area (Å²) in [6.45, 7) is 11.4. The van der Waals surface area contributed by atoms with Crippen molar-refractivity contribution in [3.8, 4) is 0 Å². The largest absolute Gasteiger partial charge is 0.454 e. The minimum absolute atomic E-state index is 0.0275. The van der Waals surface area contributed by atoms with Crippen molar-refractivity contribution in [3.05, 3.63) is 23.3 Å². The number of ether oxygens (including phenoxy) is 1. The van der Waals surface area contributed by atoms with Gasteiger partial charge in [-0.3, -0.25) is 0 Å². The fraction of sp³-hybridized carbons (Fsp3) is 0.750. The number of esters is 1. The van der Waals surface area contributed by atoms with Gasteiger partial charge in [-0.25, -0.2) is 4.79 Å². The molecule has 2 aliphatic carbocycles. The molecule has 0 radical (unpaired) electrons. The number of hydrogen-bond donors (Lipinski definition) is 0. The zero-order chi connectivity index (χ0) is 16.1. The summed E-state index contributed by atoms with van der Waals surface area (Å²) in [5.41, 5.74) is 2.78. The summed E-state index contributed by atoms with van der Waals surface area (Å²) >= 11 is 0. The van der Waals surface area contributed by atoms with Gasteiger partial charge in [-0.1, -0.05) is 39.3 Å². The molecule has 0 N–H and O–H groups in total. The lowest BCUT2D eigenvalue weighted by atomic mass is 9.47. The van der Waals surface area contributed by atoms with Crippen LogP contribution in [0.1, 0.15) is 66.7 Å². The van der Waals surface area contributed by atoms with E-state index in [0.717, 1.165) is 18.4 Å². The first-order valence-electron chi connectivity index (χ1n) is 8.83. The van der Waals surface area contributed by atoms with E-state index in [4.69, 9.17) is 4.74 Å². The molecule has 122 valence electrons. The highest BCUT2D eigenvalue weighted by Gasteiger charge is 2.55. The molecule has 0 spiro atoms. The summed E-state index contributed by atoms with van der Waals surface area (Å²) < 4.78 is 5.71. The zero-order valence-electron chi connectivity index (χ0n) is 14.7. The Morgan fingerprint density at radius 2 is 2.05 bits per heavy atom. The molecule has 1 saturated heterocycles. The number of allylic oxidation sites excluding steroid dienone is 2. The first kappa shape index (κ1) is 15.8. The second-order valence-electron chi connectivity index (χ2n) is 8.51. The van der Waals surface area contributed by atoms with Crippen LogP contribution in [0.2, 0.25) is 0 Å². The lowest BCUT2D eigenvalue weighted by Crippen LogP contribution is -2.52. The van der Waals surface area contributed by atoms with Gasteiger partial charge in [-0.2, -0.15) is 0 Å². The monoisotopic (exact) mass is 302 g/mol. The molecular formula is C20H30O2. The number of carbonyl (C=O) groups excluding carboxylic acids is 1. The van der Waals surface area contributed by atoms with Crippen LogP contribution in [0, 0.1) is 22.7 Å². The van der Waals surface area contributed by atoms with Crippen LogP contribution in [-0.2, 0) is 9.53 Å². The number of carbonyl (C=O) groups is 1. The fourth-order valence-corrected chi connectivity index (χ4v) is 5.46. The predicted octanol–water partition coefficient (Wildman–Crippen LogP) is 5.05. The third-order valence-electron chi connectivity index (χ3n) is 6.92. The quantitative estimate of drug-likeness (QED) is 0.500. The van der Waals surface area contributed by atoms with E-state index in [-0.39, 0.29) is 17.5 Å². The Balaban J connectivity index is 1.99. The Kier molecular flexibility index (Phi) is 3.78. The third kappa shape index (κ3) is 2.26. The molecule has 0 bridgehead atoms. The van der Waals surface area contributed by atoms with Crippen molar-refractivity contribution < 1.29 is 9.53 Å². The summed E-state index contributed by atoms with van der Waals surface area (Å²) in [5.74, 6) is 0.984. The molecule has 1 heterocycles. The van der Waals surface area contributed by atoms with Gasteiger partial charge in [0.05, 0.1) is 0 Å². The Bertz CT molecular complexity index is 540. The van der Waals surface area contributed by atoms with Crippen molar-refractivity contribution in [1.29, 1.82) is 0 Å². The van der Waals surface area contributed by atoms with Crippen LogP contribution < -0.4 is 0 Å². The molecule has 3 rings (SSSR count). The predicted molar refractivity (Wildman–Crippen MR) is 89.3 cm³/mol. The third-order valence-corrected chi connectivity index (χ3v) is 6.92. The van der Waals surface area contributed by atoms with Gasteiger partial charge in [-0.15, -0.1) is 0 Å². The van der Waals surface area contributed by atoms with E-state index in [1.807, 2.05) is 6.92 Å². The highest BCUT2D eigenvalue weighted by atomic mass is 16.5. The van der Waals surface area contributed by atoms with Crippen LogP contribution in [0.15, 0.2) is 23.3 Å². The van der Waals surface area contributed by atoms with Gasteiger partial charge in [0.1, 0.15) is 6.10 Å². The fourth-order valence-electron chi connectivity index (χ4n) is 5.46. The van der Waals surface area contributed by atoms with Crippen LogP contribution in [0.25, 0.3) is 0 Å². The highest BCUT2D eigenvalue weighted by Crippen LogP contribution is 2.61. The molecule has 4 atom stereocenters. The van der Waals surface area contributed by atoms with Crippen LogP contribution in [-0.4, -0.2) is 12.1 Å². The molecule has 22 heavy (non-hydrogen) atoms. The van der Waals surface area contributed by atoms with Gasteiger partial charge in [0.25, 0.3) is 0 Å². The first-order chi connectivity index (χ1) is 10.3. The lowest BCUT2D eigenvalue weighted by molar-refractivity contribution is -0.153. The van der Waals surface area contributed by atoms with Gasteiger partial charge >= 0.3 is 5.97 Å². The van der Waals surface area contributed by atoms with E-state index in [9.17, 15) is 4.79 Å². The van der Waals surface area contributed by atoms with E-state index >= 15 is 0 Å². The number of hydrogen-bond acceptors (Lipinski definition) is 2. The van der Waals surface area contributed by atoms with Crippen molar-refractivity contribution in [1.82, 2.24) is 0 Å². The summed E-state index contributed by atoms with van der Waals surface area (Å²) in [4.78, 5) is 12.5. The second-order valence-corrected chi connectivity index (χ2v) is 8.51. The lowest BCUT2D eigenvalue weighted by Gasteiger charge is -2.58. The molecular weight excluding hydrogens is 272 g/mol. The van der Waals surface area contributed by atoms with E-state index in [1.54, 1.807) is 0 Å². The zero-order valence-corrected chi connectivity index (χ0v) is 14.7. The van der Waals surface area contributed by atoms with Gasteiger partial charge in [0.2, 0.25) is 0 Å². The van der Waals surface area contributed by atoms with Crippen LogP contribution in [0.5, 0.6) is 0 Å². The molecule has 0 amide bonds. The van der Waals surface area contributed by atoms with Gasteiger partial charge in [0, 0.05) is 11.5 Å². The summed E-state index contributed by atoms with van der Waals surface area (Å²) in [7, 11) is 0. The van der Waals surface area contributed by atoms with E-state index < -0.39 is 0 Å². The Morgan fingerprint density at radius 3 is 2.73 bits per heavy atom. The topological polar surface area (TPSA) is 26.3 Å².